The van der Waals surface area contributed by atoms with Crippen molar-refractivity contribution in [3.8, 4) is 0 Å². The van der Waals surface area contributed by atoms with E-state index in [0.29, 0.717) is 26.2 Å². The minimum Gasteiger partial charge on any atom is -0.378 e. The standard InChI is InChI=1S/C20H27N3O4/c24-19(21-13-14-4-3-9-27-14)15-12-16(15)20(25)22-17-5-1-2-6-18(17)23-7-10-26-11-8-23/h1-2,5-6,14-16H,3-4,7-13H2,(H,21,24)(H,22,25). The number of carbonyl (C=O) groups excluding carboxylic acids is 2. The number of amides is 2. The molecular formula is C20H27N3O4. The second-order valence-electron chi connectivity index (χ2n) is 7.43. The Hall–Kier alpha value is -2.12. The summed E-state index contributed by atoms with van der Waals surface area (Å²) in [4.78, 5) is 27.1. The van der Waals surface area contributed by atoms with Crippen LogP contribution >= 0.6 is 0 Å². The maximum Gasteiger partial charge on any atom is 0.228 e. The summed E-state index contributed by atoms with van der Waals surface area (Å²) in [5.41, 5.74) is 1.81. The van der Waals surface area contributed by atoms with Crippen LogP contribution in [0.5, 0.6) is 0 Å². The third-order valence-electron chi connectivity index (χ3n) is 5.51. The summed E-state index contributed by atoms with van der Waals surface area (Å²) < 4.78 is 10.9. The second kappa shape index (κ2) is 8.27. The van der Waals surface area contributed by atoms with Crippen LogP contribution in [-0.4, -0.2) is 57.4 Å². The fraction of sp³-hybridized carbons (Fsp3) is 0.600. The van der Waals surface area contributed by atoms with Gasteiger partial charge in [0.15, 0.2) is 0 Å². The van der Waals surface area contributed by atoms with E-state index < -0.39 is 0 Å². The summed E-state index contributed by atoms with van der Waals surface area (Å²) >= 11 is 0. The van der Waals surface area contributed by atoms with Gasteiger partial charge in [-0.1, -0.05) is 12.1 Å². The Morgan fingerprint density at radius 3 is 2.63 bits per heavy atom. The number of morpholine rings is 1. The number of hydrogen-bond donors (Lipinski definition) is 2. The molecule has 2 N–H and O–H groups in total. The number of hydrogen-bond acceptors (Lipinski definition) is 5. The lowest BCUT2D eigenvalue weighted by molar-refractivity contribution is -0.125. The van der Waals surface area contributed by atoms with E-state index >= 15 is 0 Å². The van der Waals surface area contributed by atoms with E-state index in [1.165, 1.54) is 0 Å². The lowest BCUT2D eigenvalue weighted by Crippen LogP contribution is -2.37. The number of ether oxygens (including phenoxy) is 2. The van der Waals surface area contributed by atoms with Crippen LogP contribution < -0.4 is 15.5 Å². The molecule has 0 bridgehead atoms. The van der Waals surface area contributed by atoms with Crippen molar-refractivity contribution in [2.75, 3.05) is 49.7 Å². The van der Waals surface area contributed by atoms with Gasteiger partial charge in [-0.2, -0.15) is 0 Å². The highest BCUT2D eigenvalue weighted by Gasteiger charge is 2.48. The Balaban J connectivity index is 1.30. The molecule has 3 fully saturated rings. The van der Waals surface area contributed by atoms with E-state index in [0.717, 1.165) is 43.9 Å². The maximum atomic E-state index is 12.6. The number of nitrogens with one attached hydrogen (secondary N) is 2. The normalized spacial score (nSPS) is 27.3. The van der Waals surface area contributed by atoms with Gasteiger partial charge >= 0.3 is 0 Å². The summed E-state index contributed by atoms with van der Waals surface area (Å²) in [6, 6.07) is 7.81. The van der Waals surface area contributed by atoms with E-state index in [2.05, 4.69) is 15.5 Å². The Labute approximate surface area is 159 Å². The quantitative estimate of drug-likeness (QED) is 0.788. The fourth-order valence-electron chi connectivity index (χ4n) is 3.81. The second-order valence-corrected chi connectivity index (χ2v) is 7.43. The van der Waals surface area contributed by atoms with E-state index in [-0.39, 0.29) is 29.8 Å². The fourth-order valence-corrected chi connectivity index (χ4v) is 3.81. The summed E-state index contributed by atoms with van der Waals surface area (Å²) in [5, 5.41) is 5.96. The molecule has 0 spiro atoms. The molecule has 4 rings (SSSR count). The molecule has 1 aliphatic carbocycles. The lowest BCUT2D eigenvalue weighted by atomic mass is 10.2. The van der Waals surface area contributed by atoms with Crippen molar-refractivity contribution in [3.05, 3.63) is 24.3 Å². The Bertz CT molecular complexity index is 684. The zero-order valence-corrected chi connectivity index (χ0v) is 15.5. The molecule has 7 nitrogen and oxygen atoms in total. The average molecular weight is 373 g/mol. The molecule has 1 aromatic carbocycles. The van der Waals surface area contributed by atoms with E-state index in [1.54, 1.807) is 0 Å². The van der Waals surface area contributed by atoms with Crippen LogP contribution in [0.1, 0.15) is 19.3 Å². The molecule has 3 aliphatic rings. The van der Waals surface area contributed by atoms with Gasteiger partial charge in [0, 0.05) is 26.2 Å². The molecule has 0 aromatic heterocycles. The summed E-state index contributed by atoms with van der Waals surface area (Å²) in [5.74, 6) is -0.575. The molecule has 2 saturated heterocycles. The van der Waals surface area contributed by atoms with Crippen molar-refractivity contribution in [2.24, 2.45) is 11.8 Å². The van der Waals surface area contributed by atoms with Crippen molar-refractivity contribution in [1.82, 2.24) is 5.32 Å². The molecule has 3 atom stereocenters. The topological polar surface area (TPSA) is 79.9 Å². The van der Waals surface area contributed by atoms with Crippen LogP contribution in [0.4, 0.5) is 11.4 Å². The predicted octanol–water partition coefficient (Wildman–Crippen LogP) is 1.39. The largest absolute Gasteiger partial charge is 0.378 e. The van der Waals surface area contributed by atoms with Crippen molar-refractivity contribution < 1.29 is 19.1 Å². The van der Waals surface area contributed by atoms with Gasteiger partial charge in [-0.05, 0) is 31.4 Å². The van der Waals surface area contributed by atoms with Gasteiger partial charge < -0.3 is 25.0 Å². The van der Waals surface area contributed by atoms with Gasteiger partial charge in [-0.3, -0.25) is 9.59 Å². The summed E-state index contributed by atoms with van der Waals surface area (Å²) in [6.45, 7) is 4.33. The average Bonchev–Trinajstić information content (AvgIpc) is 3.35. The van der Waals surface area contributed by atoms with Crippen LogP contribution in [0.15, 0.2) is 24.3 Å². The Morgan fingerprint density at radius 2 is 1.85 bits per heavy atom. The predicted molar refractivity (Wildman–Crippen MR) is 102 cm³/mol. The summed E-state index contributed by atoms with van der Waals surface area (Å²) in [6.07, 6.45) is 2.79. The maximum absolute atomic E-state index is 12.6. The van der Waals surface area contributed by atoms with Crippen molar-refractivity contribution >= 4 is 23.2 Å². The molecule has 146 valence electrons. The van der Waals surface area contributed by atoms with Gasteiger partial charge in [-0.15, -0.1) is 0 Å². The molecule has 1 aromatic rings. The highest BCUT2D eigenvalue weighted by molar-refractivity contribution is 6.01. The minimum atomic E-state index is -0.243. The van der Waals surface area contributed by atoms with Crippen LogP contribution in [0.25, 0.3) is 0 Å². The monoisotopic (exact) mass is 373 g/mol. The molecule has 2 aliphatic heterocycles. The first-order valence-electron chi connectivity index (χ1n) is 9.84. The smallest absolute Gasteiger partial charge is 0.228 e. The van der Waals surface area contributed by atoms with Crippen molar-refractivity contribution in [2.45, 2.75) is 25.4 Å². The minimum absolute atomic E-state index is 0.0351. The van der Waals surface area contributed by atoms with E-state index in [1.807, 2.05) is 24.3 Å². The highest BCUT2D eigenvalue weighted by Crippen LogP contribution is 2.40. The number of nitrogens with zero attached hydrogens (tertiary/aromatic N) is 1. The summed E-state index contributed by atoms with van der Waals surface area (Å²) in [7, 11) is 0. The van der Waals surface area contributed by atoms with Crippen LogP contribution in [0, 0.1) is 11.8 Å². The molecular weight excluding hydrogens is 346 g/mol. The highest BCUT2D eigenvalue weighted by atomic mass is 16.5. The molecule has 27 heavy (non-hydrogen) atoms. The van der Waals surface area contributed by atoms with Gasteiger partial charge in [0.2, 0.25) is 11.8 Å². The van der Waals surface area contributed by atoms with Crippen LogP contribution in [0.3, 0.4) is 0 Å². The number of anilines is 2. The first-order valence-corrected chi connectivity index (χ1v) is 9.84. The number of benzene rings is 1. The number of carbonyl (C=O) groups is 2. The van der Waals surface area contributed by atoms with Crippen molar-refractivity contribution in [1.29, 1.82) is 0 Å². The van der Waals surface area contributed by atoms with Gasteiger partial charge in [0.1, 0.15) is 0 Å². The number of rotatable bonds is 6. The molecule has 2 amide bonds. The number of para-hydroxylation sites is 2. The van der Waals surface area contributed by atoms with Gasteiger partial charge in [-0.25, -0.2) is 0 Å². The molecule has 7 heteroatoms. The van der Waals surface area contributed by atoms with Crippen LogP contribution in [-0.2, 0) is 19.1 Å². The first kappa shape index (κ1) is 18.3. The lowest BCUT2D eigenvalue weighted by Gasteiger charge is -2.30. The van der Waals surface area contributed by atoms with Crippen molar-refractivity contribution in [3.63, 3.8) is 0 Å². The van der Waals surface area contributed by atoms with Gasteiger partial charge in [0.25, 0.3) is 0 Å². The molecule has 2 heterocycles. The van der Waals surface area contributed by atoms with Gasteiger partial charge in [0.05, 0.1) is 42.5 Å². The Morgan fingerprint density at radius 1 is 1.07 bits per heavy atom. The zero-order chi connectivity index (χ0) is 18.6. The third-order valence-corrected chi connectivity index (χ3v) is 5.51. The SMILES string of the molecule is O=C(NCC1CCCO1)C1CC1C(=O)Nc1ccccc1N1CCOCC1. The third kappa shape index (κ3) is 4.42. The van der Waals surface area contributed by atoms with Crippen LogP contribution in [0.2, 0.25) is 0 Å². The molecule has 1 saturated carbocycles. The first-order chi connectivity index (χ1) is 13.2. The molecule has 0 radical (unpaired) electrons. The van der Waals surface area contributed by atoms with E-state index in [4.69, 9.17) is 9.47 Å². The van der Waals surface area contributed by atoms with E-state index in [9.17, 15) is 9.59 Å². The zero-order valence-electron chi connectivity index (χ0n) is 15.5. The molecule has 3 unspecified atom stereocenters. The Kier molecular flexibility index (Phi) is 5.59.